The van der Waals surface area contributed by atoms with Gasteiger partial charge in [0.25, 0.3) is 0 Å². The van der Waals surface area contributed by atoms with E-state index in [0.717, 1.165) is 22.2 Å². The Balaban J connectivity index is 1.46. The Morgan fingerprint density at radius 2 is 2.00 bits per heavy atom. The molecular formula is C23H18FN5O2. The summed E-state index contributed by atoms with van der Waals surface area (Å²) in [6.07, 6.45) is 3.23. The maximum Gasteiger partial charge on any atom is 0.162 e. The van der Waals surface area contributed by atoms with Gasteiger partial charge in [-0.25, -0.2) is 14.4 Å². The number of fused-ring (bicyclic) bond motifs is 2. The van der Waals surface area contributed by atoms with Crippen LogP contribution in [0.2, 0.25) is 0 Å². The number of methoxy groups -OCH3 is 1. The van der Waals surface area contributed by atoms with Crippen LogP contribution >= 0.6 is 0 Å². The number of phenolic OH excluding ortho intramolecular Hbond substituents is 1. The SMILES string of the molecule is COc1cc2ncnc(Nc3ccc4c(cnn4Cc4cccc(F)c4)c3)c2cc1O. The standard InChI is InChI=1S/C23H18FN5O2/c1-31-22-10-19-18(9-21(22)30)23(26-13-25-19)28-17-5-6-20-15(8-17)11-27-29(20)12-14-3-2-4-16(24)7-14/h2-11,13,30H,12H2,1H3,(H,25,26,28). The molecule has 0 spiro atoms. The smallest absolute Gasteiger partial charge is 0.162 e. The fourth-order valence-corrected chi connectivity index (χ4v) is 3.57. The van der Waals surface area contributed by atoms with Crippen molar-refractivity contribution in [1.29, 1.82) is 0 Å². The highest BCUT2D eigenvalue weighted by molar-refractivity contribution is 5.93. The number of nitrogens with zero attached hydrogens (tertiary/aromatic N) is 4. The van der Waals surface area contributed by atoms with Crippen LogP contribution < -0.4 is 10.1 Å². The average molecular weight is 415 g/mol. The first kappa shape index (κ1) is 18.8. The highest BCUT2D eigenvalue weighted by Gasteiger charge is 2.11. The molecule has 2 heterocycles. The van der Waals surface area contributed by atoms with Crippen LogP contribution in [0.15, 0.2) is 67.1 Å². The molecule has 0 amide bonds. The monoisotopic (exact) mass is 415 g/mol. The first-order valence-electron chi connectivity index (χ1n) is 9.59. The molecule has 0 fully saturated rings. The van der Waals surface area contributed by atoms with E-state index in [1.807, 2.05) is 28.9 Å². The Hall–Kier alpha value is -4.20. The number of hydrogen-bond acceptors (Lipinski definition) is 6. The predicted molar refractivity (Wildman–Crippen MR) is 116 cm³/mol. The Morgan fingerprint density at radius 1 is 1.10 bits per heavy atom. The highest BCUT2D eigenvalue weighted by Crippen LogP contribution is 2.34. The van der Waals surface area contributed by atoms with Gasteiger partial charge < -0.3 is 15.2 Å². The molecule has 0 saturated heterocycles. The van der Waals surface area contributed by atoms with Crippen molar-refractivity contribution >= 4 is 33.3 Å². The van der Waals surface area contributed by atoms with Crippen molar-refractivity contribution < 1.29 is 14.2 Å². The van der Waals surface area contributed by atoms with Crippen LogP contribution in [0.1, 0.15) is 5.56 Å². The molecule has 0 saturated carbocycles. The minimum absolute atomic E-state index is 0.0157. The largest absolute Gasteiger partial charge is 0.504 e. The van der Waals surface area contributed by atoms with E-state index in [1.165, 1.54) is 25.6 Å². The Labute approximate surface area is 176 Å². The molecule has 154 valence electrons. The lowest BCUT2D eigenvalue weighted by Gasteiger charge is -2.11. The van der Waals surface area contributed by atoms with Crippen LogP contribution in [0.25, 0.3) is 21.8 Å². The topological polar surface area (TPSA) is 85.1 Å². The van der Waals surface area contributed by atoms with Gasteiger partial charge in [0.2, 0.25) is 0 Å². The summed E-state index contributed by atoms with van der Waals surface area (Å²) in [4.78, 5) is 8.57. The Morgan fingerprint density at radius 3 is 2.84 bits per heavy atom. The lowest BCUT2D eigenvalue weighted by molar-refractivity contribution is 0.374. The first-order valence-corrected chi connectivity index (χ1v) is 9.59. The van der Waals surface area contributed by atoms with Crippen LogP contribution in [-0.2, 0) is 6.54 Å². The van der Waals surface area contributed by atoms with Crippen LogP contribution in [0.3, 0.4) is 0 Å². The number of halogens is 1. The van der Waals surface area contributed by atoms with Gasteiger partial charge in [0, 0.05) is 22.5 Å². The van der Waals surface area contributed by atoms with Crippen molar-refractivity contribution in [2.75, 3.05) is 12.4 Å². The van der Waals surface area contributed by atoms with Crippen molar-refractivity contribution in [1.82, 2.24) is 19.7 Å². The van der Waals surface area contributed by atoms with E-state index in [9.17, 15) is 9.50 Å². The maximum atomic E-state index is 13.5. The second-order valence-electron chi connectivity index (χ2n) is 7.09. The minimum atomic E-state index is -0.263. The lowest BCUT2D eigenvalue weighted by Crippen LogP contribution is -2.01. The number of hydrogen-bond donors (Lipinski definition) is 2. The van der Waals surface area contributed by atoms with Crippen molar-refractivity contribution in [2.45, 2.75) is 6.54 Å². The number of ether oxygens (including phenoxy) is 1. The highest BCUT2D eigenvalue weighted by atomic mass is 19.1. The maximum absolute atomic E-state index is 13.5. The number of benzene rings is 3. The van der Waals surface area contributed by atoms with E-state index in [4.69, 9.17) is 4.74 Å². The summed E-state index contributed by atoms with van der Waals surface area (Å²) < 4.78 is 20.5. The summed E-state index contributed by atoms with van der Waals surface area (Å²) in [6.45, 7) is 0.478. The minimum Gasteiger partial charge on any atom is -0.504 e. The molecule has 0 unspecified atom stereocenters. The molecular weight excluding hydrogens is 397 g/mol. The quantitative estimate of drug-likeness (QED) is 0.436. The van der Waals surface area contributed by atoms with Gasteiger partial charge >= 0.3 is 0 Å². The normalized spacial score (nSPS) is 11.2. The van der Waals surface area contributed by atoms with Crippen molar-refractivity contribution in [3.05, 3.63) is 78.5 Å². The third-order valence-corrected chi connectivity index (χ3v) is 5.06. The Bertz CT molecular complexity index is 1420. The molecule has 0 aliphatic carbocycles. The van der Waals surface area contributed by atoms with Gasteiger partial charge in [0.05, 0.1) is 30.9 Å². The second-order valence-corrected chi connectivity index (χ2v) is 7.09. The first-order chi connectivity index (χ1) is 15.1. The lowest BCUT2D eigenvalue weighted by atomic mass is 10.2. The van der Waals surface area contributed by atoms with Crippen molar-refractivity contribution in [3.8, 4) is 11.5 Å². The van der Waals surface area contributed by atoms with Crippen molar-refractivity contribution in [3.63, 3.8) is 0 Å². The van der Waals surface area contributed by atoms with Gasteiger partial charge in [-0.1, -0.05) is 12.1 Å². The summed E-state index contributed by atoms with van der Waals surface area (Å²) in [5.41, 5.74) is 3.24. The van der Waals surface area contributed by atoms with Crippen LogP contribution in [0.4, 0.5) is 15.9 Å². The van der Waals surface area contributed by atoms with Gasteiger partial charge in [0.15, 0.2) is 11.5 Å². The number of nitrogens with one attached hydrogen (secondary N) is 1. The third kappa shape index (κ3) is 3.59. The summed E-state index contributed by atoms with van der Waals surface area (Å²) >= 11 is 0. The molecule has 0 radical (unpaired) electrons. The fourth-order valence-electron chi connectivity index (χ4n) is 3.57. The molecule has 5 rings (SSSR count). The summed E-state index contributed by atoms with van der Waals surface area (Å²) in [5.74, 6) is 0.668. The molecule has 0 aliphatic rings. The number of phenols is 1. The van der Waals surface area contributed by atoms with E-state index in [-0.39, 0.29) is 11.6 Å². The summed E-state index contributed by atoms with van der Waals surface area (Å²) in [5, 5.41) is 19.5. The van der Waals surface area contributed by atoms with Gasteiger partial charge in [-0.15, -0.1) is 0 Å². The number of aromatic nitrogens is 4. The van der Waals surface area contributed by atoms with Gasteiger partial charge in [-0.2, -0.15) is 5.10 Å². The molecule has 2 aromatic heterocycles. The Kier molecular flexibility index (Phi) is 4.59. The van der Waals surface area contributed by atoms with Gasteiger partial charge in [0.1, 0.15) is 18.0 Å². The van der Waals surface area contributed by atoms with Crippen molar-refractivity contribution in [2.24, 2.45) is 0 Å². The number of rotatable bonds is 5. The zero-order chi connectivity index (χ0) is 21.4. The van der Waals surface area contributed by atoms with Crippen LogP contribution in [0.5, 0.6) is 11.5 Å². The second kappa shape index (κ2) is 7.56. The fraction of sp³-hybridized carbons (Fsp3) is 0.0870. The van der Waals surface area contributed by atoms with Crippen LogP contribution in [-0.4, -0.2) is 32.0 Å². The predicted octanol–water partition coefficient (Wildman–Crippen LogP) is 4.62. The molecule has 0 aliphatic heterocycles. The molecule has 0 bridgehead atoms. The zero-order valence-corrected chi connectivity index (χ0v) is 16.6. The molecule has 7 nitrogen and oxygen atoms in total. The van der Waals surface area contributed by atoms with E-state index in [2.05, 4.69) is 20.4 Å². The molecule has 8 heteroatoms. The third-order valence-electron chi connectivity index (χ3n) is 5.06. The van der Waals surface area contributed by atoms with Gasteiger partial charge in [-0.05, 0) is 42.0 Å². The molecule has 2 N–H and O–H groups in total. The summed E-state index contributed by atoms with van der Waals surface area (Å²) in [7, 11) is 1.49. The van der Waals surface area contributed by atoms with E-state index < -0.39 is 0 Å². The molecule has 0 atom stereocenters. The van der Waals surface area contributed by atoms with E-state index >= 15 is 0 Å². The summed E-state index contributed by atoms with van der Waals surface area (Å²) in [6, 6.07) is 15.6. The zero-order valence-electron chi connectivity index (χ0n) is 16.6. The molecule has 3 aromatic carbocycles. The van der Waals surface area contributed by atoms with E-state index in [0.29, 0.717) is 29.0 Å². The van der Waals surface area contributed by atoms with Gasteiger partial charge in [-0.3, -0.25) is 4.68 Å². The van der Waals surface area contributed by atoms with E-state index in [1.54, 1.807) is 24.4 Å². The molecule has 31 heavy (non-hydrogen) atoms. The molecule has 5 aromatic rings. The number of aromatic hydroxyl groups is 1. The average Bonchev–Trinajstić information content (AvgIpc) is 3.16. The number of anilines is 2. The van der Waals surface area contributed by atoms with Crippen LogP contribution in [0, 0.1) is 5.82 Å².